The van der Waals surface area contributed by atoms with Crippen molar-refractivity contribution in [1.29, 1.82) is 0 Å². The summed E-state index contributed by atoms with van der Waals surface area (Å²) in [6.07, 6.45) is 3.26. The van der Waals surface area contributed by atoms with Crippen molar-refractivity contribution in [1.82, 2.24) is 14.9 Å². The molecule has 5 rings (SSSR count). The average molecular weight is 412 g/mol. The number of nitrogens with zero attached hydrogens (tertiary/aromatic N) is 4. The van der Waals surface area contributed by atoms with Gasteiger partial charge in [-0.05, 0) is 34.6 Å². The van der Waals surface area contributed by atoms with E-state index in [1.54, 1.807) is 18.2 Å². The molecule has 0 aliphatic carbocycles. The first-order valence-electron chi connectivity index (χ1n) is 9.35. The van der Waals surface area contributed by atoms with E-state index < -0.39 is 0 Å². The maximum Gasteiger partial charge on any atom is 0.301 e. The topological polar surface area (TPSA) is 80.4 Å². The summed E-state index contributed by atoms with van der Waals surface area (Å²) in [5.74, 6) is 0.757. The van der Waals surface area contributed by atoms with Crippen LogP contribution in [0.25, 0.3) is 22.9 Å². The van der Waals surface area contributed by atoms with Gasteiger partial charge in [0.1, 0.15) is 5.75 Å². The Kier molecular flexibility index (Phi) is 4.65. The molecule has 0 spiro atoms. The van der Waals surface area contributed by atoms with E-state index in [0.29, 0.717) is 16.5 Å². The molecule has 4 aromatic rings. The van der Waals surface area contributed by atoms with Gasteiger partial charge < -0.3 is 5.11 Å². The Morgan fingerprint density at radius 1 is 0.933 bits per heavy atom. The zero-order valence-corrected chi connectivity index (χ0v) is 16.6. The summed E-state index contributed by atoms with van der Waals surface area (Å²) < 4.78 is 1.30. The van der Waals surface area contributed by atoms with Crippen LogP contribution in [0, 0.1) is 0 Å². The number of phenolic OH excluding ortho intramolecular Hbond substituents is 1. The van der Waals surface area contributed by atoms with Crippen LogP contribution >= 0.6 is 11.8 Å². The van der Waals surface area contributed by atoms with Gasteiger partial charge in [-0.2, -0.15) is 9.78 Å². The highest BCUT2D eigenvalue weighted by Gasteiger charge is 2.18. The van der Waals surface area contributed by atoms with E-state index in [-0.39, 0.29) is 17.0 Å². The molecule has 30 heavy (non-hydrogen) atoms. The first kappa shape index (κ1) is 18.3. The molecule has 2 heterocycles. The highest BCUT2D eigenvalue weighted by Crippen LogP contribution is 2.28. The van der Waals surface area contributed by atoms with Crippen LogP contribution in [-0.4, -0.2) is 31.4 Å². The number of benzene rings is 3. The van der Waals surface area contributed by atoms with Crippen molar-refractivity contribution in [2.24, 2.45) is 5.10 Å². The monoisotopic (exact) mass is 412 g/mol. The van der Waals surface area contributed by atoms with E-state index in [4.69, 9.17) is 0 Å². The molecule has 0 saturated heterocycles. The molecule has 1 aliphatic rings. The second-order valence-corrected chi connectivity index (χ2v) is 7.68. The largest absolute Gasteiger partial charge is 0.507 e. The fraction of sp³-hybridized carbons (Fsp3) is 0.0435. The fourth-order valence-corrected chi connectivity index (χ4v) is 4.17. The van der Waals surface area contributed by atoms with Crippen molar-refractivity contribution < 1.29 is 5.11 Å². The zero-order chi connectivity index (χ0) is 20.5. The lowest BCUT2D eigenvalue weighted by atomic mass is 10.0. The molecule has 6 nitrogen and oxygen atoms in total. The summed E-state index contributed by atoms with van der Waals surface area (Å²) in [5.41, 5.74) is 2.21. The molecule has 0 atom stereocenters. The summed E-state index contributed by atoms with van der Waals surface area (Å²) in [6.45, 7) is 0. The number of phenols is 1. The lowest BCUT2D eigenvalue weighted by molar-refractivity contribution is 0.475. The van der Waals surface area contributed by atoms with Crippen molar-refractivity contribution in [3.8, 4) is 5.75 Å². The van der Waals surface area contributed by atoms with Gasteiger partial charge in [-0.3, -0.25) is 4.79 Å². The summed E-state index contributed by atoms with van der Waals surface area (Å²) in [6, 6.07) is 21.0. The van der Waals surface area contributed by atoms with Crippen LogP contribution in [-0.2, 0) is 0 Å². The number of aromatic hydroxyl groups is 1. The predicted octanol–water partition coefficient (Wildman–Crippen LogP) is 4.03. The quantitative estimate of drug-likeness (QED) is 0.550. The van der Waals surface area contributed by atoms with Gasteiger partial charge in [0.25, 0.3) is 0 Å². The van der Waals surface area contributed by atoms with Gasteiger partial charge in [-0.1, -0.05) is 72.4 Å². The van der Waals surface area contributed by atoms with Crippen LogP contribution in [0.2, 0.25) is 0 Å². The molecule has 0 fully saturated rings. The third-order valence-electron chi connectivity index (χ3n) is 4.86. The minimum Gasteiger partial charge on any atom is -0.507 e. The summed E-state index contributed by atoms with van der Waals surface area (Å²) in [7, 11) is 0. The zero-order valence-electron chi connectivity index (χ0n) is 15.8. The number of aromatic nitrogens is 3. The first-order valence-corrected chi connectivity index (χ1v) is 10.3. The molecule has 0 bridgehead atoms. The van der Waals surface area contributed by atoms with Gasteiger partial charge in [0.05, 0.1) is 5.71 Å². The van der Waals surface area contributed by atoms with E-state index in [0.717, 1.165) is 22.0 Å². The van der Waals surface area contributed by atoms with Gasteiger partial charge in [0.15, 0.2) is 5.69 Å². The fourth-order valence-electron chi connectivity index (χ4n) is 3.34. The van der Waals surface area contributed by atoms with E-state index in [9.17, 15) is 9.90 Å². The third kappa shape index (κ3) is 3.29. The molecule has 0 amide bonds. The lowest BCUT2D eigenvalue weighted by Crippen LogP contribution is -2.28. The van der Waals surface area contributed by atoms with E-state index in [1.807, 2.05) is 60.7 Å². The molecule has 0 radical (unpaired) electrons. The Morgan fingerprint density at radius 2 is 1.73 bits per heavy atom. The molecule has 1 aliphatic heterocycles. The predicted molar refractivity (Wildman–Crippen MR) is 120 cm³/mol. The molecule has 7 heteroatoms. The van der Waals surface area contributed by atoms with Crippen LogP contribution in [0.3, 0.4) is 0 Å². The molecule has 0 unspecified atom stereocenters. The molecular weight excluding hydrogens is 396 g/mol. The average Bonchev–Trinajstić information content (AvgIpc) is 2.80. The second-order valence-electron chi connectivity index (χ2n) is 6.74. The van der Waals surface area contributed by atoms with Crippen molar-refractivity contribution in [3.05, 3.63) is 93.9 Å². The van der Waals surface area contributed by atoms with E-state index in [1.165, 1.54) is 16.4 Å². The number of hydrogen-bond donors (Lipinski definition) is 1. The summed E-state index contributed by atoms with van der Waals surface area (Å²) in [4.78, 5) is 13.0. The van der Waals surface area contributed by atoms with Crippen LogP contribution < -0.4 is 5.56 Å². The maximum absolute atomic E-state index is 13.0. The maximum atomic E-state index is 13.0. The van der Waals surface area contributed by atoms with Gasteiger partial charge in [-0.25, -0.2) is 0 Å². The van der Waals surface area contributed by atoms with Crippen molar-refractivity contribution >= 4 is 40.4 Å². The molecular formula is C23H16N4O2S. The second kappa shape index (κ2) is 7.61. The SMILES string of the molecule is O=c1c(/C=C/c2c(O)ccc3ccccc23)nnc2n1N=C(c1ccccc1)CS2. The smallest absolute Gasteiger partial charge is 0.301 e. The Labute approximate surface area is 176 Å². The first-order chi connectivity index (χ1) is 14.7. The molecule has 146 valence electrons. The molecule has 3 aromatic carbocycles. The Morgan fingerprint density at radius 3 is 2.60 bits per heavy atom. The van der Waals surface area contributed by atoms with Gasteiger partial charge in [0.2, 0.25) is 5.16 Å². The normalized spacial score (nSPS) is 13.4. The van der Waals surface area contributed by atoms with Crippen LogP contribution in [0.15, 0.2) is 81.8 Å². The van der Waals surface area contributed by atoms with Gasteiger partial charge in [-0.15, -0.1) is 10.2 Å². The van der Waals surface area contributed by atoms with Crippen LogP contribution in [0.1, 0.15) is 16.8 Å². The number of rotatable bonds is 3. The number of thioether (sulfide) groups is 1. The highest BCUT2D eigenvalue weighted by molar-refractivity contribution is 7.99. The number of hydrogen-bond acceptors (Lipinski definition) is 6. The molecule has 0 saturated carbocycles. The Hall–Kier alpha value is -3.71. The van der Waals surface area contributed by atoms with E-state index >= 15 is 0 Å². The standard InChI is InChI=1S/C23H16N4O2S/c28-21-13-10-15-6-4-5-9-17(15)18(21)11-12-19-22(29)27-23(25-24-19)30-14-20(26-27)16-7-2-1-3-8-16/h1-13,28H,14H2/b12-11+. The van der Waals surface area contributed by atoms with Crippen molar-refractivity contribution in [2.75, 3.05) is 5.75 Å². The van der Waals surface area contributed by atoms with Gasteiger partial charge >= 0.3 is 5.56 Å². The van der Waals surface area contributed by atoms with Crippen LogP contribution in [0.5, 0.6) is 5.75 Å². The molecule has 1 N–H and O–H groups in total. The van der Waals surface area contributed by atoms with E-state index in [2.05, 4.69) is 15.3 Å². The Bertz CT molecular complexity index is 1380. The Balaban J connectivity index is 1.57. The third-order valence-corrected chi connectivity index (χ3v) is 5.79. The minimum atomic E-state index is -0.350. The summed E-state index contributed by atoms with van der Waals surface area (Å²) in [5, 5.41) is 25.4. The minimum absolute atomic E-state index is 0.135. The highest BCUT2D eigenvalue weighted by atomic mass is 32.2. The van der Waals surface area contributed by atoms with Crippen molar-refractivity contribution in [3.63, 3.8) is 0 Å². The van der Waals surface area contributed by atoms with Gasteiger partial charge in [0, 0.05) is 11.3 Å². The lowest BCUT2D eigenvalue weighted by Gasteiger charge is -2.15. The van der Waals surface area contributed by atoms with Crippen molar-refractivity contribution in [2.45, 2.75) is 5.16 Å². The van der Waals surface area contributed by atoms with Crippen LogP contribution in [0.4, 0.5) is 0 Å². The molecule has 1 aromatic heterocycles. The number of fused-ring (bicyclic) bond motifs is 2. The summed E-state index contributed by atoms with van der Waals surface area (Å²) >= 11 is 1.43.